The Hall–Kier alpha value is -0.970. The van der Waals surface area contributed by atoms with Crippen LogP contribution in [-0.4, -0.2) is 26.2 Å². The van der Waals surface area contributed by atoms with E-state index < -0.39 is 0 Å². The molecular formula is C9H19N5. The molecule has 1 rings (SSSR count). The van der Waals surface area contributed by atoms with Gasteiger partial charge in [-0.15, -0.1) is 10.2 Å². The van der Waals surface area contributed by atoms with Gasteiger partial charge in [-0.2, -0.15) is 4.80 Å². The van der Waals surface area contributed by atoms with Crippen LogP contribution >= 0.6 is 0 Å². The first-order chi connectivity index (χ1) is 6.61. The average Bonchev–Trinajstić information content (AvgIpc) is 2.50. The van der Waals surface area contributed by atoms with Gasteiger partial charge in [-0.3, -0.25) is 0 Å². The Morgan fingerprint density at radius 1 is 1.50 bits per heavy atom. The summed E-state index contributed by atoms with van der Waals surface area (Å²) in [6.07, 6.45) is 2.91. The van der Waals surface area contributed by atoms with Crippen molar-refractivity contribution in [3.8, 4) is 0 Å². The molecule has 0 bridgehead atoms. The number of hydrogen-bond acceptors (Lipinski definition) is 4. The van der Waals surface area contributed by atoms with Gasteiger partial charge in [-0.1, -0.05) is 20.3 Å². The number of aryl methyl sites for hydroxylation is 1. The summed E-state index contributed by atoms with van der Waals surface area (Å²) < 4.78 is 0. The van der Waals surface area contributed by atoms with Crippen molar-refractivity contribution in [3.63, 3.8) is 0 Å². The first-order valence-corrected chi connectivity index (χ1v) is 5.10. The highest BCUT2D eigenvalue weighted by Crippen LogP contribution is 2.10. The summed E-state index contributed by atoms with van der Waals surface area (Å²) in [5.41, 5.74) is 5.97. The fourth-order valence-corrected chi connectivity index (χ4v) is 1.41. The minimum atomic E-state index is 0.147. The van der Waals surface area contributed by atoms with Crippen molar-refractivity contribution in [3.05, 3.63) is 5.82 Å². The molecule has 14 heavy (non-hydrogen) atoms. The maximum atomic E-state index is 5.97. The molecule has 1 heterocycles. The fraction of sp³-hybridized carbons (Fsp3) is 0.889. The van der Waals surface area contributed by atoms with Crippen LogP contribution in [0.1, 0.15) is 32.5 Å². The molecule has 0 aliphatic heterocycles. The minimum absolute atomic E-state index is 0.147. The molecule has 2 atom stereocenters. The number of nitrogens with two attached hydrogens (primary N) is 1. The van der Waals surface area contributed by atoms with E-state index in [0.717, 1.165) is 18.7 Å². The molecule has 5 heteroatoms. The van der Waals surface area contributed by atoms with Crippen LogP contribution in [0, 0.1) is 5.92 Å². The molecule has 0 spiro atoms. The maximum absolute atomic E-state index is 5.97. The SMILES string of the molecule is CCC(C)CC(N)Cc1nnn(C)n1. The molecule has 2 unspecified atom stereocenters. The molecule has 0 saturated heterocycles. The summed E-state index contributed by atoms with van der Waals surface area (Å²) >= 11 is 0. The second-order valence-electron chi connectivity index (χ2n) is 3.91. The fourth-order valence-electron chi connectivity index (χ4n) is 1.41. The molecule has 0 saturated carbocycles. The summed E-state index contributed by atoms with van der Waals surface area (Å²) in [4.78, 5) is 1.46. The molecular weight excluding hydrogens is 178 g/mol. The third-order valence-corrected chi connectivity index (χ3v) is 2.40. The van der Waals surface area contributed by atoms with Gasteiger partial charge in [0.2, 0.25) is 0 Å². The molecule has 0 aliphatic rings. The van der Waals surface area contributed by atoms with Gasteiger partial charge < -0.3 is 5.73 Å². The van der Waals surface area contributed by atoms with E-state index in [2.05, 4.69) is 29.3 Å². The second kappa shape index (κ2) is 5.05. The Morgan fingerprint density at radius 2 is 2.21 bits per heavy atom. The molecule has 0 fully saturated rings. The summed E-state index contributed by atoms with van der Waals surface area (Å²) in [5.74, 6) is 1.41. The summed E-state index contributed by atoms with van der Waals surface area (Å²) in [5, 5.41) is 11.8. The monoisotopic (exact) mass is 197 g/mol. The van der Waals surface area contributed by atoms with E-state index in [4.69, 9.17) is 5.73 Å². The second-order valence-corrected chi connectivity index (χ2v) is 3.91. The van der Waals surface area contributed by atoms with Gasteiger partial charge in [0.25, 0.3) is 0 Å². The van der Waals surface area contributed by atoms with Gasteiger partial charge in [0, 0.05) is 12.5 Å². The van der Waals surface area contributed by atoms with E-state index in [1.807, 2.05) is 0 Å². The molecule has 0 aromatic carbocycles. The first-order valence-electron chi connectivity index (χ1n) is 5.10. The van der Waals surface area contributed by atoms with E-state index in [0.29, 0.717) is 5.92 Å². The lowest BCUT2D eigenvalue weighted by atomic mass is 9.98. The number of aromatic nitrogens is 4. The van der Waals surface area contributed by atoms with Crippen LogP contribution in [-0.2, 0) is 13.5 Å². The topological polar surface area (TPSA) is 69.6 Å². The number of hydrogen-bond donors (Lipinski definition) is 1. The quantitative estimate of drug-likeness (QED) is 0.747. The molecule has 0 radical (unpaired) electrons. The average molecular weight is 197 g/mol. The van der Waals surface area contributed by atoms with Crippen molar-refractivity contribution in [2.24, 2.45) is 18.7 Å². The van der Waals surface area contributed by atoms with E-state index in [-0.39, 0.29) is 6.04 Å². The van der Waals surface area contributed by atoms with Crippen molar-refractivity contribution >= 4 is 0 Å². The van der Waals surface area contributed by atoms with Crippen molar-refractivity contribution < 1.29 is 0 Å². The Balaban J connectivity index is 2.37. The van der Waals surface area contributed by atoms with Crippen LogP contribution in [0.15, 0.2) is 0 Å². The standard InChI is InChI=1S/C9H19N5/c1-4-7(2)5-8(10)6-9-11-13-14(3)12-9/h7-8H,4-6,10H2,1-3H3. The van der Waals surface area contributed by atoms with E-state index in [1.165, 1.54) is 11.2 Å². The Kier molecular flexibility index (Phi) is 4.00. The van der Waals surface area contributed by atoms with Crippen molar-refractivity contribution in [1.82, 2.24) is 20.2 Å². The third kappa shape index (κ3) is 3.41. The van der Waals surface area contributed by atoms with Crippen LogP contribution in [0.5, 0.6) is 0 Å². The van der Waals surface area contributed by atoms with Crippen LogP contribution in [0.3, 0.4) is 0 Å². The number of nitrogens with zero attached hydrogens (tertiary/aromatic N) is 4. The summed E-state index contributed by atoms with van der Waals surface area (Å²) in [6.45, 7) is 4.39. The Bertz CT molecular complexity index is 270. The first kappa shape index (κ1) is 11.1. The van der Waals surface area contributed by atoms with Gasteiger partial charge in [-0.05, 0) is 17.6 Å². The molecule has 1 aromatic rings. The zero-order valence-corrected chi connectivity index (χ0v) is 9.14. The lowest BCUT2D eigenvalue weighted by Crippen LogP contribution is -2.25. The highest BCUT2D eigenvalue weighted by molar-refractivity contribution is 4.83. The van der Waals surface area contributed by atoms with Crippen molar-refractivity contribution in [1.29, 1.82) is 0 Å². The predicted molar refractivity (Wildman–Crippen MR) is 54.5 cm³/mol. The zero-order chi connectivity index (χ0) is 10.6. The zero-order valence-electron chi connectivity index (χ0n) is 9.14. The van der Waals surface area contributed by atoms with E-state index in [1.54, 1.807) is 7.05 Å². The molecule has 0 aliphatic carbocycles. The normalized spacial score (nSPS) is 15.4. The molecule has 0 amide bonds. The van der Waals surface area contributed by atoms with E-state index in [9.17, 15) is 0 Å². The van der Waals surface area contributed by atoms with Gasteiger partial charge in [0.15, 0.2) is 5.82 Å². The van der Waals surface area contributed by atoms with Gasteiger partial charge >= 0.3 is 0 Å². The summed E-state index contributed by atoms with van der Waals surface area (Å²) in [7, 11) is 1.76. The van der Waals surface area contributed by atoms with E-state index >= 15 is 0 Å². The maximum Gasteiger partial charge on any atom is 0.176 e. The largest absolute Gasteiger partial charge is 0.327 e. The van der Waals surface area contributed by atoms with Crippen LogP contribution in [0.4, 0.5) is 0 Å². The van der Waals surface area contributed by atoms with Crippen LogP contribution in [0.2, 0.25) is 0 Å². The lowest BCUT2D eigenvalue weighted by Gasteiger charge is -2.13. The number of tetrazole rings is 1. The predicted octanol–water partition coefficient (Wildman–Crippen LogP) is 0.516. The highest BCUT2D eigenvalue weighted by atomic mass is 15.6. The molecule has 5 nitrogen and oxygen atoms in total. The van der Waals surface area contributed by atoms with Crippen molar-refractivity contribution in [2.75, 3.05) is 0 Å². The summed E-state index contributed by atoms with van der Waals surface area (Å²) in [6, 6.07) is 0.147. The Morgan fingerprint density at radius 3 is 2.71 bits per heavy atom. The molecule has 2 N–H and O–H groups in total. The van der Waals surface area contributed by atoms with Crippen LogP contribution < -0.4 is 5.73 Å². The van der Waals surface area contributed by atoms with Gasteiger partial charge in [-0.25, -0.2) is 0 Å². The van der Waals surface area contributed by atoms with Gasteiger partial charge in [0.05, 0.1) is 7.05 Å². The van der Waals surface area contributed by atoms with Crippen molar-refractivity contribution in [2.45, 2.75) is 39.2 Å². The van der Waals surface area contributed by atoms with Gasteiger partial charge in [0.1, 0.15) is 0 Å². The smallest absolute Gasteiger partial charge is 0.176 e. The minimum Gasteiger partial charge on any atom is -0.327 e. The molecule has 1 aromatic heterocycles. The van der Waals surface area contributed by atoms with Crippen LogP contribution in [0.25, 0.3) is 0 Å². The molecule has 80 valence electrons. The number of rotatable bonds is 5. The highest BCUT2D eigenvalue weighted by Gasteiger charge is 2.11. The third-order valence-electron chi connectivity index (χ3n) is 2.40. The Labute approximate surface area is 84.7 Å². The lowest BCUT2D eigenvalue weighted by molar-refractivity contribution is 0.445.